The fourth-order valence-corrected chi connectivity index (χ4v) is 6.91. The minimum Gasteiger partial charge on any atom is -0.326 e. The molecule has 1 saturated carbocycles. The predicted octanol–water partition coefficient (Wildman–Crippen LogP) is 5.19. The van der Waals surface area contributed by atoms with Crippen LogP contribution in [0.25, 0.3) is 0 Å². The Morgan fingerprint density at radius 2 is 2.03 bits per heavy atom. The Morgan fingerprint density at radius 3 is 2.87 bits per heavy atom. The third-order valence-corrected chi connectivity index (χ3v) is 8.47. The number of hydrogen-bond donors (Lipinski definition) is 1. The molecule has 3 aliphatic rings. The van der Waals surface area contributed by atoms with Gasteiger partial charge < -0.3 is 5.32 Å². The SMILES string of the molecule is CC(=O)Nc1cccc(CCN2C(C)C3CC[C@@]4(C)c5ccccc5CC2C4C3)c1. The van der Waals surface area contributed by atoms with Crippen LogP contribution in [-0.4, -0.2) is 29.4 Å². The van der Waals surface area contributed by atoms with Gasteiger partial charge in [0.2, 0.25) is 5.91 Å². The number of nitrogens with zero attached hydrogens (tertiary/aromatic N) is 1. The molecule has 2 aromatic carbocycles. The maximum absolute atomic E-state index is 11.4. The lowest BCUT2D eigenvalue weighted by Gasteiger charge is -2.61. The predicted molar refractivity (Wildman–Crippen MR) is 123 cm³/mol. The molecule has 158 valence electrons. The number of rotatable bonds is 4. The van der Waals surface area contributed by atoms with Crippen LogP contribution < -0.4 is 5.32 Å². The first kappa shape index (κ1) is 19.8. The van der Waals surface area contributed by atoms with E-state index in [4.69, 9.17) is 0 Å². The molecule has 1 amide bonds. The molecule has 1 saturated heterocycles. The van der Waals surface area contributed by atoms with E-state index in [9.17, 15) is 4.79 Å². The lowest BCUT2D eigenvalue weighted by Crippen LogP contribution is -2.63. The molecule has 2 bridgehead atoms. The van der Waals surface area contributed by atoms with E-state index in [0.717, 1.165) is 30.5 Å². The summed E-state index contributed by atoms with van der Waals surface area (Å²) in [5.74, 6) is 1.59. The molecular weight excluding hydrogens is 368 g/mol. The second kappa shape index (κ2) is 7.53. The van der Waals surface area contributed by atoms with Gasteiger partial charge in [-0.05, 0) is 85.1 Å². The van der Waals surface area contributed by atoms with E-state index in [1.165, 1.54) is 31.2 Å². The number of carbonyl (C=O) groups excluding carboxylic acids is 1. The fourth-order valence-electron chi connectivity index (χ4n) is 6.91. The summed E-state index contributed by atoms with van der Waals surface area (Å²) < 4.78 is 0. The normalized spacial score (nSPS) is 32.4. The average Bonchev–Trinajstić information content (AvgIpc) is 2.73. The van der Waals surface area contributed by atoms with Crippen molar-refractivity contribution >= 4 is 11.6 Å². The number of likely N-dealkylation sites (tertiary alicyclic amines) is 1. The zero-order chi connectivity index (χ0) is 20.9. The topological polar surface area (TPSA) is 32.3 Å². The molecule has 5 atom stereocenters. The Hall–Kier alpha value is -2.13. The Morgan fingerprint density at radius 1 is 1.20 bits per heavy atom. The smallest absolute Gasteiger partial charge is 0.221 e. The van der Waals surface area contributed by atoms with Gasteiger partial charge in [0.15, 0.2) is 0 Å². The van der Waals surface area contributed by atoms with Crippen LogP contribution in [0.15, 0.2) is 48.5 Å². The summed E-state index contributed by atoms with van der Waals surface area (Å²) in [6.45, 7) is 7.68. The monoisotopic (exact) mass is 402 g/mol. The molecular formula is C27H34N2O. The number of nitrogens with one attached hydrogen (secondary N) is 1. The number of hydrogen-bond acceptors (Lipinski definition) is 2. The van der Waals surface area contributed by atoms with Crippen LogP contribution in [0.5, 0.6) is 0 Å². The first-order chi connectivity index (χ1) is 14.5. The van der Waals surface area contributed by atoms with Gasteiger partial charge >= 0.3 is 0 Å². The molecule has 1 heterocycles. The number of piperidine rings is 1. The lowest BCUT2D eigenvalue weighted by molar-refractivity contribution is -0.114. The van der Waals surface area contributed by atoms with Crippen LogP contribution in [0, 0.1) is 11.8 Å². The number of amides is 1. The van der Waals surface area contributed by atoms with E-state index in [1.807, 2.05) is 6.07 Å². The van der Waals surface area contributed by atoms with E-state index in [0.29, 0.717) is 17.5 Å². The summed E-state index contributed by atoms with van der Waals surface area (Å²) in [5, 5.41) is 2.92. The molecule has 2 aromatic rings. The first-order valence-electron chi connectivity index (χ1n) is 11.7. The van der Waals surface area contributed by atoms with Crippen molar-refractivity contribution in [1.82, 2.24) is 4.90 Å². The summed E-state index contributed by atoms with van der Waals surface area (Å²) in [7, 11) is 0. The van der Waals surface area contributed by atoms with Crippen molar-refractivity contribution in [3.63, 3.8) is 0 Å². The van der Waals surface area contributed by atoms with Crippen LogP contribution in [0.2, 0.25) is 0 Å². The van der Waals surface area contributed by atoms with Gasteiger partial charge in [-0.1, -0.05) is 43.3 Å². The molecule has 5 rings (SSSR count). The molecule has 4 unspecified atom stereocenters. The Labute approximate surface area is 180 Å². The highest BCUT2D eigenvalue weighted by molar-refractivity contribution is 5.88. The molecule has 1 aliphatic heterocycles. The highest BCUT2D eigenvalue weighted by atomic mass is 16.1. The minimum atomic E-state index is -0.00946. The van der Waals surface area contributed by atoms with Gasteiger partial charge in [0.05, 0.1) is 0 Å². The second-order valence-electron chi connectivity index (χ2n) is 10.1. The van der Waals surface area contributed by atoms with Crippen molar-refractivity contribution in [3.05, 3.63) is 65.2 Å². The van der Waals surface area contributed by atoms with Gasteiger partial charge in [0.1, 0.15) is 0 Å². The number of fused-ring (bicyclic) bond motifs is 3. The Balaban J connectivity index is 1.40. The summed E-state index contributed by atoms with van der Waals surface area (Å²) >= 11 is 0. The third kappa shape index (κ3) is 3.28. The minimum absolute atomic E-state index is 0.00946. The van der Waals surface area contributed by atoms with Crippen molar-refractivity contribution in [2.24, 2.45) is 11.8 Å². The Bertz CT molecular complexity index is 953. The summed E-state index contributed by atoms with van der Waals surface area (Å²) in [6, 6.07) is 18.9. The Kier molecular flexibility index (Phi) is 4.97. The number of anilines is 1. The van der Waals surface area contributed by atoms with E-state index in [1.54, 1.807) is 18.1 Å². The molecule has 0 aromatic heterocycles. The largest absolute Gasteiger partial charge is 0.326 e. The molecule has 2 aliphatic carbocycles. The summed E-state index contributed by atoms with van der Waals surface area (Å²) in [6.07, 6.45) is 6.31. The molecule has 3 nitrogen and oxygen atoms in total. The summed E-state index contributed by atoms with van der Waals surface area (Å²) in [4.78, 5) is 14.3. The quantitative estimate of drug-likeness (QED) is 0.763. The number of carbonyl (C=O) groups is 1. The van der Waals surface area contributed by atoms with Gasteiger partial charge in [-0.25, -0.2) is 0 Å². The zero-order valence-corrected chi connectivity index (χ0v) is 18.5. The van der Waals surface area contributed by atoms with E-state index in [2.05, 4.69) is 66.5 Å². The highest BCUT2D eigenvalue weighted by Crippen LogP contribution is 2.56. The molecule has 30 heavy (non-hydrogen) atoms. The zero-order valence-electron chi connectivity index (χ0n) is 18.5. The van der Waals surface area contributed by atoms with Crippen molar-refractivity contribution in [2.75, 3.05) is 11.9 Å². The number of benzene rings is 2. The van der Waals surface area contributed by atoms with Crippen molar-refractivity contribution in [3.8, 4) is 0 Å². The van der Waals surface area contributed by atoms with Crippen LogP contribution in [0.4, 0.5) is 5.69 Å². The molecule has 3 heteroatoms. The van der Waals surface area contributed by atoms with Crippen molar-refractivity contribution in [1.29, 1.82) is 0 Å². The summed E-state index contributed by atoms with van der Waals surface area (Å²) in [5.41, 5.74) is 5.75. The van der Waals surface area contributed by atoms with Gasteiger partial charge in [-0.2, -0.15) is 0 Å². The maximum Gasteiger partial charge on any atom is 0.221 e. The second-order valence-corrected chi connectivity index (χ2v) is 10.1. The van der Waals surface area contributed by atoms with Crippen molar-refractivity contribution < 1.29 is 4.79 Å². The van der Waals surface area contributed by atoms with Crippen LogP contribution in [0.1, 0.15) is 56.7 Å². The van der Waals surface area contributed by atoms with E-state index in [-0.39, 0.29) is 5.91 Å². The molecule has 1 N–H and O–H groups in total. The van der Waals surface area contributed by atoms with Gasteiger partial charge in [0.25, 0.3) is 0 Å². The third-order valence-electron chi connectivity index (χ3n) is 8.47. The molecule has 0 spiro atoms. The van der Waals surface area contributed by atoms with Crippen LogP contribution >= 0.6 is 0 Å². The van der Waals surface area contributed by atoms with Crippen molar-refractivity contribution in [2.45, 2.75) is 70.4 Å². The van der Waals surface area contributed by atoms with Gasteiger partial charge in [0, 0.05) is 31.2 Å². The van der Waals surface area contributed by atoms with Gasteiger partial charge in [-0.3, -0.25) is 9.69 Å². The first-order valence-corrected chi connectivity index (χ1v) is 11.7. The lowest BCUT2D eigenvalue weighted by atomic mass is 9.52. The van der Waals surface area contributed by atoms with E-state index < -0.39 is 0 Å². The van der Waals surface area contributed by atoms with Crippen LogP contribution in [0.3, 0.4) is 0 Å². The molecule has 0 radical (unpaired) electrons. The van der Waals surface area contributed by atoms with Crippen LogP contribution in [-0.2, 0) is 23.1 Å². The average molecular weight is 403 g/mol. The maximum atomic E-state index is 11.4. The molecule has 2 fully saturated rings. The highest BCUT2D eigenvalue weighted by Gasteiger charge is 2.54. The van der Waals surface area contributed by atoms with E-state index >= 15 is 0 Å². The fraction of sp³-hybridized carbons (Fsp3) is 0.519. The van der Waals surface area contributed by atoms with Gasteiger partial charge in [-0.15, -0.1) is 0 Å². The standard InChI is InChI=1S/C27H34N2O/c1-18-21-11-13-27(3)24-10-5-4-8-22(24)17-26(25(27)16-21)29(18)14-12-20-7-6-9-23(15-20)28-19(2)30/h4-10,15,18,21,25-26H,11-14,16-17H2,1-3H3,(H,28,30)/t18?,21?,25?,26?,27-/m0/s1.